The third-order valence-corrected chi connectivity index (χ3v) is 6.69. The molecule has 1 amide bonds. The number of benzene rings is 1. The molecule has 2 aliphatic heterocycles. The first-order chi connectivity index (χ1) is 15.3. The molecule has 3 aliphatic rings. The highest BCUT2D eigenvalue weighted by Gasteiger charge is 2.63. The van der Waals surface area contributed by atoms with Crippen molar-refractivity contribution < 1.29 is 34.3 Å². The molecule has 1 aliphatic carbocycles. The summed E-state index contributed by atoms with van der Waals surface area (Å²) in [5, 5.41) is 41.9. The van der Waals surface area contributed by atoms with Gasteiger partial charge in [0.05, 0.1) is 36.8 Å². The smallest absolute Gasteiger partial charge is 0.239 e. The fourth-order valence-corrected chi connectivity index (χ4v) is 5.04. The minimum absolute atomic E-state index is 0.153. The van der Waals surface area contributed by atoms with E-state index in [1.807, 2.05) is 37.3 Å². The Morgan fingerprint density at radius 3 is 2.41 bits per heavy atom. The van der Waals surface area contributed by atoms with Crippen molar-refractivity contribution in [2.24, 2.45) is 0 Å². The van der Waals surface area contributed by atoms with Crippen LogP contribution in [0.3, 0.4) is 0 Å². The Balaban J connectivity index is 1.56. The standard InChI is InChI=1S/C22H33N3O7/c1-11-9-13(25-14(26)10-12-7-5-4-6-8-12)22(29)21(30-11)31-20-18(28)15(23-2)17(27)16(24-3)19(20)32-22/h4-8,11,13,15-21,23-24,27-29H,9-10H2,1-3H3,(H,25,26)/t11-,13-,15-,16+,17+,18+,19?,20?,21?,22+/m1/s1. The molecule has 178 valence electrons. The van der Waals surface area contributed by atoms with Gasteiger partial charge in [-0.1, -0.05) is 30.3 Å². The summed E-state index contributed by atoms with van der Waals surface area (Å²) in [6, 6.07) is 7.21. The molecule has 1 aromatic rings. The summed E-state index contributed by atoms with van der Waals surface area (Å²) in [5.41, 5.74) is 0.849. The van der Waals surface area contributed by atoms with Gasteiger partial charge in [0, 0.05) is 0 Å². The molecule has 0 bridgehead atoms. The summed E-state index contributed by atoms with van der Waals surface area (Å²) >= 11 is 0. The van der Waals surface area contributed by atoms with Gasteiger partial charge in [0.15, 0.2) is 0 Å². The molecule has 0 spiro atoms. The Bertz CT molecular complexity index is 799. The van der Waals surface area contributed by atoms with E-state index in [2.05, 4.69) is 16.0 Å². The number of rotatable bonds is 5. The lowest BCUT2D eigenvalue weighted by atomic mass is 9.79. The Labute approximate surface area is 187 Å². The van der Waals surface area contributed by atoms with Crippen molar-refractivity contribution in [3.8, 4) is 0 Å². The highest BCUT2D eigenvalue weighted by Crippen LogP contribution is 2.41. The highest BCUT2D eigenvalue weighted by atomic mass is 16.8. The predicted octanol–water partition coefficient (Wildman–Crippen LogP) is -1.77. The molecule has 32 heavy (non-hydrogen) atoms. The normalized spacial score (nSPS) is 43.8. The number of aliphatic hydroxyl groups excluding tert-OH is 2. The zero-order valence-electron chi connectivity index (χ0n) is 18.5. The number of ether oxygens (including phenoxy) is 3. The van der Waals surface area contributed by atoms with Gasteiger partial charge in [-0.3, -0.25) is 4.79 Å². The van der Waals surface area contributed by atoms with E-state index in [0.717, 1.165) is 5.56 Å². The van der Waals surface area contributed by atoms with Gasteiger partial charge in [-0.15, -0.1) is 0 Å². The maximum absolute atomic E-state index is 12.7. The summed E-state index contributed by atoms with van der Waals surface area (Å²) in [6.45, 7) is 1.82. The van der Waals surface area contributed by atoms with Crippen molar-refractivity contribution in [3.05, 3.63) is 35.9 Å². The third-order valence-electron chi connectivity index (χ3n) is 6.69. The van der Waals surface area contributed by atoms with Gasteiger partial charge in [0.2, 0.25) is 18.0 Å². The van der Waals surface area contributed by atoms with E-state index in [1.165, 1.54) is 0 Å². The van der Waals surface area contributed by atoms with Crippen molar-refractivity contribution in [1.29, 1.82) is 0 Å². The van der Waals surface area contributed by atoms with Crippen LogP contribution < -0.4 is 16.0 Å². The molecule has 0 radical (unpaired) electrons. The second-order valence-corrected chi connectivity index (χ2v) is 8.84. The minimum Gasteiger partial charge on any atom is -0.390 e. The van der Waals surface area contributed by atoms with Gasteiger partial charge in [0.25, 0.3) is 0 Å². The van der Waals surface area contributed by atoms with Crippen molar-refractivity contribution in [2.45, 2.75) is 80.5 Å². The number of fused-ring (bicyclic) bond motifs is 2. The highest BCUT2D eigenvalue weighted by molar-refractivity contribution is 5.79. The van der Waals surface area contributed by atoms with E-state index in [0.29, 0.717) is 6.42 Å². The fourth-order valence-electron chi connectivity index (χ4n) is 5.04. The number of nitrogens with one attached hydrogen (secondary N) is 3. The number of likely N-dealkylation sites (N-methyl/N-ethyl adjacent to an activating group) is 2. The minimum atomic E-state index is -1.99. The van der Waals surface area contributed by atoms with E-state index in [-0.39, 0.29) is 18.4 Å². The molecule has 3 unspecified atom stereocenters. The Kier molecular flexibility index (Phi) is 6.85. The molecule has 1 aromatic carbocycles. The monoisotopic (exact) mass is 451 g/mol. The topological polar surface area (TPSA) is 142 Å². The number of aliphatic hydroxyl groups is 3. The number of hydrogen-bond donors (Lipinski definition) is 6. The molecule has 10 nitrogen and oxygen atoms in total. The van der Waals surface area contributed by atoms with Crippen LogP contribution in [-0.4, -0.2) is 96.0 Å². The van der Waals surface area contributed by atoms with Crippen molar-refractivity contribution in [1.82, 2.24) is 16.0 Å². The van der Waals surface area contributed by atoms with Gasteiger partial charge in [-0.2, -0.15) is 0 Å². The van der Waals surface area contributed by atoms with Crippen LogP contribution >= 0.6 is 0 Å². The van der Waals surface area contributed by atoms with Crippen LogP contribution in [0.4, 0.5) is 0 Å². The van der Waals surface area contributed by atoms with Gasteiger partial charge in [-0.05, 0) is 33.0 Å². The lowest BCUT2D eigenvalue weighted by Gasteiger charge is -2.58. The van der Waals surface area contributed by atoms with Crippen molar-refractivity contribution >= 4 is 5.91 Å². The molecule has 1 saturated carbocycles. The van der Waals surface area contributed by atoms with E-state index in [1.54, 1.807) is 14.1 Å². The summed E-state index contributed by atoms with van der Waals surface area (Å²) in [5.74, 6) is -2.25. The van der Waals surface area contributed by atoms with E-state index < -0.39 is 54.6 Å². The number of carbonyl (C=O) groups excluding carboxylic acids is 1. The number of hydrogen-bond acceptors (Lipinski definition) is 9. The molecule has 2 heterocycles. The van der Waals surface area contributed by atoms with Crippen LogP contribution in [0.25, 0.3) is 0 Å². The Hall–Kier alpha value is -1.63. The molecule has 10 heteroatoms. The summed E-state index contributed by atoms with van der Waals surface area (Å²) in [4.78, 5) is 12.7. The third kappa shape index (κ3) is 4.17. The van der Waals surface area contributed by atoms with Crippen molar-refractivity contribution in [2.75, 3.05) is 14.1 Å². The number of carbonyl (C=O) groups is 1. The average molecular weight is 452 g/mol. The van der Waals surface area contributed by atoms with Crippen LogP contribution in [0.5, 0.6) is 0 Å². The van der Waals surface area contributed by atoms with Crippen LogP contribution in [0, 0.1) is 0 Å². The molecule has 3 fully saturated rings. The quantitative estimate of drug-likeness (QED) is 0.307. The molecular formula is C22H33N3O7. The van der Waals surface area contributed by atoms with Gasteiger partial charge < -0.3 is 45.5 Å². The van der Waals surface area contributed by atoms with Gasteiger partial charge >= 0.3 is 0 Å². The second-order valence-electron chi connectivity index (χ2n) is 8.84. The van der Waals surface area contributed by atoms with Crippen molar-refractivity contribution in [3.63, 3.8) is 0 Å². The Morgan fingerprint density at radius 2 is 1.75 bits per heavy atom. The van der Waals surface area contributed by atoms with Crippen LogP contribution in [0.15, 0.2) is 30.3 Å². The predicted molar refractivity (Wildman–Crippen MR) is 113 cm³/mol. The maximum Gasteiger partial charge on any atom is 0.239 e. The Morgan fingerprint density at radius 1 is 1.06 bits per heavy atom. The average Bonchev–Trinajstić information content (AvgIpc) is 2.75. The first-order valence-electron chi connectivity index (χ1n) is 11.0. The molecule has 4 rings (SSSR count). The van der Waals surface area contributed by atoms with Gasteiger partial charge in [-0.25, -0.2) is 0 Å². The van der Waals surface area contributed by atoms with Gasteiger partial charge in [0.1, 0.15) is 18.3 Å². The molecule has 6 N–H and O–H groups in total. The van der Waals surface area contributed by atoms with Crippen LogP contribution in [0.2, 0.25) is 0 Å². The second kappa shape index (κ2) is 9.32. The SMILES string of the molecule is CN[C@@H]1[C@H](O)[C@H](NC)C2O[C@]3(O)C(OC2[C@H]1O)O[C@H](C)C[C@H]3NC(=O)Cc1ccccc1. The maximum atomic E-state index is 12.7. The first-order valence-corrected chi connectivity index (χ1v) is 11.0. The molecule has 2 saturated heterocycles. The lowest BCUT2D eigenvalue weighted by Crippen LogP contribution is -2.79. The van der Waals surface area contributed by atoms with Crippen LogP contribution in [-0.2, 0) is 25.4 Å². The molecule has 10 atom stereocenters. The fraction of sp³-hybridized carbons (Fsp3) is 0.682. The number of amides is 1. The first kappa shape index (κ1) is 23.5. The zero-order chi connectivity index (χ0) is 23.0. The summed E-state index contributed by atoms with van der Waals surface area (Å²) in [7, 11) is 3.30. The van der Waals surface area contributed by atoms with E-state index in [9.17, 15) is 20.1 Å². The largest absolute Gasteiger partial charge is 0.390 e. The summed E-state index contributed by atoms with van der Waals surface area (Å²) < 4.78 is 18.0. The zero-order valence-corrected chi connectivity index (χ0v) is 18.5. The van der Waals surface area contributed by atoms with E-state index in [4.69, 9.17) is 14.2 Å². The molecule has 0 aromatic heterocycles. The summed E-state index contributed by atoms with van der Waals surface area (Å²) in [6.07, 6.45) is -4.90. The van der Waals surface area contributed by atoms with E-state index >= 15 is 0 Å². The van der Waals surface area contributed by atoms with Crippen LogP contribution in [0.1, 0.15) is 18.9 Å². The molecular weight excluding hydrogens is 418 g/mol. The lowest BCUT2D eigenvalue weighted by molar-refractivity contribution is -0.449.